The van der Waals surface area contributed by atoms with E-state index in [1.807, 2.05) is 0 Å². The predicted octanol–water partition coefficient (Wildman–Crippen LogP) is 2.20. The summed E-state index contributed by atoms with van der Waals surface area (Å²) in [5.41, 5.74) is 1.11. The highest BCUT2D eigenvalue weighted by Gasteiger charge is 2.27. The molecule has 0 unspecified atom stereocenters. The Hall–Kier alpha value is -2.76. The Morgan fingerprint density at radius 1 is 1.18 bits per heavy atom. The molecule has 1 aromatic heterocycles. The first-order valence-electron chi connectivity index (χ1n) is 8.03. The van der Waals surface area contributed by atoms with E-state index in [0.717, 1.165) is 11.7 Å². The molecule has 0 amide bonds. The van der Waals surface area contributed by atoms with Crippen LogP contribution >= 0.6 is 11.7 Å². The van der Waals surface area contributed by atoms with Crippen LogP contribution < -0.4 is 14.2 Å². The third kappa shape index (κ3) is 4.06. The number of nitrogens with zero attached hydrogens (tertiary/aromatic N) is 2. The summed E-state index contributed by atoms with van der Waals surface area (Å²) in [6.45, 7) is 0. The van der Waals surface area contributed by atoms with Gasteiger partial charge in [-0.1, -0.05) is 12.1 Å². The van der Waals surface area contributed by atoms with Crippen LogP contribution in [0.15, 0.2) is 41.3 Å². The zero-order valence-electron chi connectivity index (χ0n) is 14.9. The van der Waals surface area contributed by atoms with Crippen LogP contribution in [-0.2, 0) is 14.8 Å². The topological polar surface area (TPSA) is 128 Å². The minimum atomic E-state index is -4.07. The molecule has 0 saturated heterocycles. The van der Waals surface area contributed by atoms with Gasteiger partial charge in [-0.25, -0.2) is 13.1 Å². The molecule has 0 bridgehead atoms. The maximum atomic E-state index is 13.0. The van der Waals surface area contributed by atoms with E-state index in [4.69, 9.17) is 9.47 Å². The number of carbonyl (C=O) groups is 1. The summed E-state index contributed by atoms with van der Waals surface area (Å²) in [5.74, 6) is -0.349. The van der Waals surface area contributed by atoms with Gasteiger partial charge < -0.3 is 14.6 Å². The molecule has 0 radical (unpaired) electrons. The number of nitrogens with one attached hydrogen (secondary N) is 1. The Morgan fingerprint density at radius 3 is 2.61 bits per heavy atom. The smallest absolute Gasteiger partial charge is 0.305 e. The zero-order valence-corrected chi connectivity index (χ0v) is 16.6. The van der Waals surface area contributed by atoms with Crippen LogP contribution in [0.25, 0.3) is 11.0 Å². The average molecular weight is 423 g/mol. The van der Waals surface area contributed by atoms with Gasteiger partial charge in [0.1, 0.15) is 15.9 Å². The maximum Gasteiger partial charge on any atom is 0.305 e. The number of fused-ring (bicyclic) bond motifs is 1. The van der Waals surface area contributed by atoms with Crippen LogP contribution in [0.2, 0.25) is 0 Å². The van der Waals surface area contributed by atoms with E-state index in [1.54, 1.807) is 30.3 Å². The number of hydrogen-bond acceptors (Lipinski definition) is 8. The molecule has 9 nitrogen and oxygen atoms in total. The quantitative estimate of drug-likeness (QED) is 0.564. The minimum absolute atomic E-state index is 0.0605. The van der Waals surface area contributed by atoms with E-state index in [-0.39, 0.29) is 10.4 Å². The molecule has 0 fully saturated rings. The van der Waals surface area contributed by atoms with Crippen molar-refractivity contribution in [2.45, 2.75) is 17.4 Å². The predicted molar refractivity (Wildman–Crippen MR) is 102 cm³/mol. The summed E-state index contributed by atoms with van der Waals surface area (Å²) in [6, 6.07) is 8.30. The largest absolute Gasteiger partial charge is 0.493 e. The Bertz CT molecular complexity index is 1110. The summed E-state index contributed by atoms with van der Waals surface area (Å²) in [4.78, 5) is 11.3. The van der Waals surface area contributed by atoms with Crippen molar-refractivity contribution in [1.82, 2.24) is 13.5 Å². The fourth-order valence-corrected chi connectivity index (χ4v) is 4.71. The molecule has 0 aliphatic heterocycles. The van der Waals surface area contributed by atoms with E-state index in [2.05, 4.69) is 13.5 Å². The second-order valence-electron chi connectivity index (χ2n) is 5.77. The standard InChI is InChI=1S/C17H17N3O6S2/c1-25-13-7-6-10(8-14(13)26-2)12(9-16(21)22)20-28(23,24)15-5-3-4-11-17(15)19-27-18-11/h3-8,12,20H,9H2,1-2H3,(H,21,22)/t12-/m1/s1. The molecule has 0 aliphatic rings. The molecule has 3 aromatic rings. The van der Waals surface area contributed by atoms with E-state index in [0.29, 0.717) is 22.6 Å². The number of rotatable bonds is 8. The highest BCUT2D eigenvalue weighted by atomic mass is 32.2. The van der Waals surface area contributed by atoms with Crippen LogP contribution in [0.1, 0.15) is 18.0 Å². The number of ether oxygens (including phenoxy) is 2. The molecular weight excluding hydrogens is 406 g/mol. The van der Waals surface area contributed by atoms with Crippen LogP contribution in [0.5, 0.6) is 11.5 Å². The van der Waals surface area contributed by atoms with Crippen LogP contribution in [0, 0.1) is 0 Å². The number of carboxylic acids is 1. The van der Waals surface area contributed by atoms with Gasteiger partial charge in [0.15, 0.2) is 11.5 Å². The van der Waals surface area contributed by atoms with Gasteiger partial charge in [0, 0.05) is 0 Å². The highest BCUT2D eigenvalue weighted by Crippen LogP contribution is 2.32. The Kier molecular flexibility index (Phi) is 5.77. The first-order chi connectivity index (χ1) is 13.4. The van der Waals surface area contributed by atoms with E-state index < -0.39 is 28.5 Å². The van der Waals surface area contributed by atoms with Crippen LogP contribution in [0.4, 0.5) is 0 Å². The molecule has 148 valence electrons. The number of sulfonamides is 1. The number of benzene rings is 2. The third-order valence-electron chi connectivity index (χ3n) is 4.02. The van der Waals surface area contributed by atoms with Crippen molar-refractivity contribution in [2.24, 2.45) is 0 Å². The lowest BCUT2D eigenvalue weighted by molar-refractivity contribution is -0.137. The van der Waals surface area contributed by atoms with Gasteiger partial charge >= 0.3 is 5.97 Å². The summed E-state index contributed by atoms with van der Waals surface area (Å²) >= 11 is 0.901. The van der Waals surface area contributed by atoms with Gasteiger partial charge in [-0.15, -0.1) is 0 Å². The average Bonchev–Trinajstić information content (AvgIpc) is 3.15. The molecular formula is C17H17N3O6S2. The molecule has 1 atom stereocenters. The summed E-state index contributed by atoms with van der Waals surface area (Å²) < 4.78 is 46.9. The van der Waals surface area contributed by atoms with Gasteiger partial charge in [-0.05, 0) is 29.8 Å². The van der Waals surface area contributed by atoms with Gasteiger partial charge in [0.05, 0.1) is 38.4 Å². The lowest BCUT2D eigenvalue weighted by Crippen LogP contribution is -2.30. The van der Waals surface area contributed by atoms with Crippen molar-refractivity contribution in [3.05, 3.63) is 42.0 Å². The molecule has 1 heterocycles. The number of hydrogen-bond donors (Lipinski definition) is 2. The van der Waals surface area contributed by atoms with Gasteiger partial charge in [0.2, 0.25) is 10.0 Å². The Balaban J connectivity index is 2.01. The lowest BCUT2D eigenvalue weighted by Gasteiger charge is -2.19. The minimum Gasteiger partial charge on any atom is -0.493 e. The normalized spacial score (nSPS) is 12.6. The van der Waals surface area contributed by atoms with E-state index >= 15 is 0 Å². The van der Waals surface area contributed by atoms with Crippen molar-refractivity contribution in [3.63, 3.8) is 0 Å². The van der Waals surface area contributed by atoms with Gasteiger partial charge in [-0.3, -0.25) is 4.79 Å². The lowest BCUT2D eigenvalue weighted by atomic mass is 10.0. The van der Waals surface area contributed by atoms with Crippen LogP contribution in [-0.4, -0.2) is 42.5 Å². The van der Waals surface area contributed by atoms with Crippen molar-refractivity contribution in [1.29, 1.82) is 0 Å². The summed E-state index contributed by atoms with van der Waals surface area (Å²) in [5, 5.41) is 9.27. The highest BCUT2D eigenvalue weighted by molar-refractivity contribution is 7.89. The first kappa shape index (κ1) is 20.0. The summed E-state index contributed by atoms with van der Waals surface area (Å²) in [7, 11) is -1.16. The molecule has 0 saturated carbocycles. The second-order valence-corrected chi connectivity index (χ2v) is 7.99. The molecule has 3 rings (SSSR count). The number of carboxylic acid groups (broad SMARTS) is 1. The Morgan fingerprint density at radius 2 is 1.93 bits per heavy atom. The Labute approximate surface area is 165 Å². The van der Waals surface area contributed by atoms with Crippen LogP contribution in [0.3, 0.4) is 0 Å². The third-order valence-corrected chi connectivity index (χ3v) is 6.07. The number of methoxy groups -OCH3 is 2. The van der Waals surface area contributed by atoms with Crippen molar-refractivity contribution in [3.8, 4) is 11.5 Å². The maximum absolute atomic E-state index is 13.0. The fourth-order valence-electron chi connectivity index (χ4n) is 2.72. The van der Waals surface area contributed by atoms with Gasteiger partial charge in [-0.2, -0.15) is 8.75 Å². The van der Waals surface area contributed by atoms with E-state index in [1.165, 1.54) is 20.3 Å². The first-order valence-corrected chi connectivity index (χ1v) is 10.2. The molecule has 2 aromatic carbocycles. The van der Waals surface area contributed by atoms with Crippen molar-refractivity contribution >= 4 is 38.8 Å². The number of aromatic nitrogens is 2. The SMILES string of the molecule is COc1ccc([C@@H](CC(=O)O)NS(=O)(=O)c2cccc3nsnc23)cc1OC. The molecule has 2 N–H and O–H groups in total. The van der Waals surface area contributed by atoms with Crippen molar-refractivity contribution < 1.29 is 27.8 Å². The molecule has 11 heteroatoms. The second kappa shape index (κ2) is 8.09. The van der Waals surface area contributed by atoms with Crippen molar-refractivity contribution in [2.75, 3.05) is 14.2 Å². The monoisotopic (exact) mass is 423 g/mol. The molecule has 0 aliphatic carbocycles. The number of aliphatic carboxylic acids is 1. The molecule has 28 heavy (non-hydrogen) atoms. The summed E-state index contributed by atoms with van der Waals surface area (Å²) in [6.07, 6.45) is -0.458. The fraction of sp³-hybridized carbons (Fsp3) is 0.235. The van der Waals surface area contributed by atoms with E-state index in [9.17, 15) is 18.3 Å². The zero-order chi connectivity index (χ0) is 20.3. The van der Waals surface area contributed by atoms with Gasteiger partial charge in [0.25, 0.3) is 0 Å². The molecule has 0 spiro atoms.